The van der Waals surface area contributed by atoms with E-state index in [-0.39, 0.29) is 11.3 Å². The predicted molar refractivity (Wildman–Crippen MR) is 97.3 cm³/mol. The molecule has 0 saturated heterocycles. The van der Waals surface area contributed by atoms with E-state index in [9.17, 15) is 9.90 Å². The van der Waals surface area contributed by atoms with Crippen molar-refractivity contribution in [2.45, 2.75) is 0 Å². The van der Waals surface area contributed by atoms with Gasteiger partial charge in [0.25, 0.3) is 5.91 Å². The zero-order valence-electron chi connectivity index (χ0n) is 12.7. The molecule has 0 unspecified atom stereocenters. The molecule has 3 aromatic rings. The number of nitrogens with zero attached hydrogens (tertiary/aromatic N) is 1. The number of aromatic hydroxyl groups is 1. The Morgan fingerprint density at radius 3 is 2.72 bits per heavy atom. The second-order valence-electron chi connectivity index (χ2n) is 5.04. The number of hydrogen-bond acceptors (Lipinski definition) is 4. The van der Waals surface area contributed by atoms with Crippen LogP contribution in [0.1, 0.15) is 16.1 Å². The van der Waals surface area contributed by atoms with E-state index >= 15 is 0 Å². The molecule has 0 saturated carbocycles. The number of amides is 1. The lowest BCUT2D eigenvalue weighted by atomic mass is 10.2. The van der Waals surface area contributed by atoms with Gasteiger partial charge >= 0.3 is 0 Å². The molecule has 7 heteroatoms. The summed E-state index contributed by atoms with van der Waals surface area (Å²) in [5, 5.41) is 14.5. The Morgan fingerprint density at radius 1 is 1.12 bits per heavy atom. The van der Waals surface area contributed by atoms with Gasteiger partial charge in [0.15, 0.2) is 0 Å². The molecular formula is C18H12Cl2N2O3. The number of hydrazone groups is 1. The molecule has 5 nitrogen and oxygen atoms in total. The Hall–Kier alpha value is -2.76. The molecule has 3 rings (SSSR count). The van der Waals surface area contributed by atoms with Gasteiger partial charge < -0.3 is 9.52 Å². The highest BCUT2D eigenvalue weighted by Crippen LogP contribution is 2.31. The Morgan fingerprint density at radius 2 is 1.92 bits per heavy atom. The summed E-state index contributed by atoms with van der Waals surface area (Å²) in [5.41, 5.74) is 3.11. The molecule has 0 fully saturated rings. The average Bonchev–Trinajstić information content (AvgIpc) is 3.06. The number of nitrogens with one attached hydrogen (secondary N) is 1. The molecular weight excluding hydrogens is 363 g/mol. The van der Waals surface area contributed by atoms with Crippen molar-refractivity contribution in [3.05, 3.63) is 76.0 Å². The van der Waals surface area contributed by atoms with E-state index in [2.05, 4.69) is 10.5 Å². The Balaban J connectivity index is 1.71. The van der Waals surface area contributed by atoms with Crippen molar-refractivity contribution in [2.24, 2.45) is 5.10 Å². The van der Waals surface area contributed by atoms with Crippen molar-refractivity contribution >= 4 is 35.3 Å². The summed E-state index contributed by atoms with van der Waals surface area (Å²) < 4.78 is 5.62. The summed E-state index contributed by atoms with van der Waals surface area (Å²) >= 11 is 12.1. The maximum atomic E-state index is 11.9. The molecule has 0 aliphatic rings. The van der Waals surface area contributed by atoms with Crippen LogP contribution in [-0.2, 0) is 0 Å². The first-order chi connectivity index (χ1) is 12.0. The van der Waals surface area contributed by atoms with Gasteiger partial charge in [-0.2, -0.15) is 5.10 Å². The van der Waals surface area contributed by atoms with Crippen molar-refractivity contribution in [3.8, 4) is 17.1 Å². The zero-order chi connectivity index (χ0) is 17.8. The second kappa shape index (κ2) is 7.42. The van der Waals surface area contributed by atoms with Gasteiger partial charge in [0.2, 0.25) is 0 Å². The molecule has 0 aliphatic carbocycles. The van der Waals surface area contributed by atoms with Crippen molar-refractivity contribution in [2.75, 3.05) is 0 Å². The van der Waals surface area contributed by atoms with E-state index < -0.39 is 5.91 Å². The number of para-hydroxylation sites is 1. The number of halogens is 2. The molecule has 126 valence electrons. The largest absolute Gasteiger partial charge is 0.507 e. The molecule has 0 radical (unpaired) electrons. The average molecular weight is 375 g/mol. The normalized spacial score (nSPS) is 11.0. The van der Waals surface area contributed by atoms with Gasteiger partial charge in [-0.05, 0) is 42.5 Å². The van der Waals surface area contributed by atoms with E-state index in [0.717, 1.165) is 0 Å². The minimum Gasteiger partial charge on any atom is -0.507 e. The van der Waals surface area contributed by atoms with E-state index in [4.69, 9.17) is 27.6 Å². The van der Waals surface area contributed by atoms with Crippen molar-refractivity contribution < 1.29 is 14.3 Å². The van der Waals surface area contributed by atoms with Crippen LogP contribution in [0.25, 0.3) is 11.3 Å². The molecule has 0 aliphatic heterocycles. The number of hydrogen-bond donors (Lipinski definition) is 2. The lowest BCUT2D eigenvalue weighted by molar-refractivity contribution is 0.0952. The Labute approximate surface area is 153 Å². The third-order valence-corrected chi connectivity index (χ3v) is 3.89. The molecule has 25 heavy (non-hydrogen) atoms. The number of phenolic OH excluding ortho intramolecular Hbond substituents is 1. The number of phenols is 1. The van der Waals surface area contributed by atoms with Crippen LogP contribution in [0, 0.1) is 0 Å². The molecule has 2 N–H and O–H groups in total. The van der Waals surface area contributed by atoms with Crippen molar-refractivity contribution in [3.63, 3.8) is 0 Å². The Kier molecular flexibility index (Phi) is 5.07. The lowest BCUT2D eigenvalue weighted by Gasteiger charge is -2.02. The lowest BCUT2D eigenvalue weighted by Crippen LogP contribution is -2.17. The fourth-order valence-electron chi connectivity index (χ4n) is 2.13. The maximum absolute atomic E-state index is 11.9. The quantitative estimate of drug-likeness (QED) is 0.512. The van der Waals surface area contributed by atoms with Gasteiger partial charge in [-0.1, -0.05) is 35.3 Å². The number of carbonyl (C=O) groups excluding carboxylic acids is 1. The van der Waals surface area contributed by atoms with Gasteiger partial charge in [-0.15, -0.1) is 0 Å². The molecule has 1 amide bonds. The van der Waals surface area contributed by atoms with Crippen LogP contribution in [0.4, 0.5) is 0 Å². The first kappa shape index (κ1) is 17.1. The van der Waals surface area contributed by atoms with Crippen LogP contribution in [0.15, 0.2) is 64.1 Å². The van der Waals surface area contributed by atoms with Gasteiger partial charge in [-0.25, -0.2) is 5.43 Å². The summed E-state index contributed by atoms with van der Waals surface area (Å²) in [5.74, 6) is 0.301. The summed E-state index contributed by atoms with van der Waals surface area (Å²) in [6.45, 7) is 0. The van der Waals surface area contributed by atoms with E-state index in [0.29, 0.717) is 27.1 Å². The molecule has 2 aromatic carbocycles. The van der Waals surface area contributed by atoms with Crippen molar-refractivity contribution in [1.82, 2.24) is 5.43 Å². The number of benzene rings is 2. The van der Waals surface area contributed by atoms with Gasteiger partial charge in [0.1, 0.15) is 17.3 Å². The van der Waals surface area contributed by atoms with Crippen LogP contribution >= 0.6 is 23.2 Å². The highest BCUT2D eigenvalue weighted by molar-refractivity contribution is 6.35. The summed E-state index contributed by atoms with van der Waals surface area (Å²) in [7, 11) is 0. The van der Waals surface area contributed by atoms with Gasteiger partial charge in [0, 0.05) is 10.6 Å². The van der Waals surface area contributed by atoms with Crippen molar-refractivity contribution in [1.29, 1.82) is 0 Å². The zero-order valence-corrected chi connectivity index (χ0v) is 14.3. The highest BCUT2D eigenvalue weighted by Gasteiger charge is 2.10. The third-order valence-electron chi connectivity index (χ3n) is 3.33. The maximum Gasteiger partial charge on any atom is 0.275 e. The predicted octanol–water partition coefficient (Wildman–Crippen LogP) is 4.72. The topological polar surface area (TPSA) is 74.8 Å². The molecule has 0 bridgehead atoms. The summed E-state index contributed by atoms with van der Waals surface area (Å²) in [6, 6.07) is 14.7. The summed E-state index contributed by atoms with van der Waals surface area (Å²) in [6.07, 6.45) is 1.35. The molecule has 0 spiro atoms. The van der Waals surface area contributed by atoms with Crippen LogP contribution < -0.4 is 5.43 Å². The smallest absolute Gasteiger partial charge is 0.275 e. The third kappa shape index (κ3) is 4.02. The minimum absolute atomic E-state index is 0.119. The van der Waals surface area contributed by atoms with Crippen LogP contribution in [0.2, 0.25) is 10.0 Å². The first-order valence-electron chi connectivity index (χ1n) is 7.21. The summed E-state index contributed by atoms with van der Waals surface area (Å²) in [4.78, 5) is 11.9. The molecule has 1 aromatic heterocycles. The van der Waals surface area contributed by atoms with E-state index in [1.165, 1.54) is 18.3 Å². The fourth-order valence-corrected chi connectivity index (χ4v) is 2.52. The number of rotatable bonds is 4. The fraction of sp³-hybridized carbons (Fsp3) is 0. The first-order valence-corrected chi connectivity index (χ1v) is 7.97. The Bertz CT molecular complexity index is 951. The van der Waals surface area contributed by atoms with Crippen LogP contribution in [-0.4, -0.2) is 17.2 Å². The van der Waals surface area contributed by atoms with Gasteiger partial charge in [0.05, 0.1) is 16.8 Å². The van der Waals surface area contributed by atoms with Gasteiger partial charge in [-0.3, -0.25) is 4.79 Å². The minimum atomic E-state index is -0.529. The number of furan rings is 1. The second-order valence-corrected chi connectivity index (χ2v) is 5.89. The van der Waals surface area contributed by atoms with Crippen LogP contribution in [0.3, 0.4) is 0 Å². The standard InChI is InChI=1S/C18H12Cl2N2O3/c19-11-5-7-15(20)14(9-11)17-8-6-12(25-17)10-21-22-18(24)13-3-1-2-4-16(13)23/h1-10,23H,(H,22,24). The van der Waals surface area contributed by atoms with Crippen LogP contribution in [0.5, 0.6) is 5.75 Å². The van der Waals surface area contributed by atoms with E-state index in [1.807, 2.05) is 0 Å². The number of carbonyl (C=O) groups is 1. The molecule has 1 heterocycles. The highest BCUT2D eigenvalue weighted by atomic mass is 35.5. The monoisotopic (exact) mass is 374 g/mol. The molecule has 0 atom stereocenters. The van der Waals surface area contributed by atoms with E-state index in [1.54, 1.807) is 42.5 Å². The SMILES string of the molecule is O=C(NN=Cc1ccc(-c2cc(Cl)ccc2Cl)o1)c1ccccc1O.